The van der Waals surface area contributed by atoms with Gasteiger partial charge in [-0.1, -0.05) is 17.3 Å². The second-order valence-corrected chi connectivity index (χ2v) is 3.57. The Bertz CT molecular complexity index is 532. The van der Waals surface area contributed by atoms with E-state index in [9.17, 15) is 4.79 Å². The van der Waals surface area contributed by atoms with Crippen LogP contribution in [-0.2, 0) is 11.3 Å². The number of hydrogen-bond acceptors (Lipinski definition) is 5. The summed E-state index contributed by atoms with van der Waals surface area (Å²) in [6.07, 6.45) is 4.35. The number of nitrogens with zero attached hydrogens (tertiary/aromatic N) is 2. The number of hydrogen-bond donors (Lipinski definition) is 2. The van der Waals surface area contributed by atoms with Crippen LogP contribution in [0.4, 0.5) is 5.69 Å². The summed E-state index contributed by atoms with van der Waals surface area (Å²) in [5.41, 5.74) is 7.15. The van der Waals surface area contributed by atoms with Gasteiger partial charge in [0.1, 0.15) is 0 Å². The minimum atomic E-state index is -0.225. The number of carbonyl (C=O) groups excluding carboxylic acids is 1. The van der Waals surface area contributed by atoms with Crippen molar-refractivity contribution in [2.45, 2.75) is 6.54 Å². The van der Waals surface area contributed by atoms with Crippen LogP contribution in [0.25, 0.3) is 6.08 Å². The maximum atomic E-state index is 11.5. The monoisotopic (exact) mass is 244 g/mol. The van der Waals surface area contributed by atoms with Crippen LogP contribution >= 0.6 is 0 Å². The van der Waals surface area contributed by atoms with E-state index in [4.69, 9.17) is 5.73 Å². The molecule has 0 aliphatic heterocycles. The van der Waals surface area contributed by atoms with Gasteiger partial charge in [-0.25, -0.2) is 0 Å². The summed E-state index contributed by atoms with van der Waals surface area (Å²) < 4.78 is 4.55. The number of amides is 1. The van der Waals surface area contributed by atoms with Crippen LogP contribution in [0, 0.1) is 0 Å². The molecule has 0 unspecified atom stereocenters. The minimum absolute atomic E-state index is 0.225. The van der Waals surface area contributed by atoms with E-state index in [2.05, 4.69) is 20.0 Å². The molecule has 1 aromatic carbocycles. The molecular weight excluding hydrogens is 232 g/mol. The van der Waals surface area contributed by atoms with E-state index < -0.39 is 0 Å². The highest BCUT2D eigenvalue weighted by molar-refractivity contribution is 5.91. The van der Waals surface area contributed by atoms with E-state index >= 15 is 0 Å². The fraction of sp³-hybridized carbons (Fsp3) is 0.0833. The first-order valence-corrected chi connectivity index (χ1v) is 5.31. The third-order valence-corrected chi connectivity index (χ3v) is 2.19. The highest BCUT2D eigenvalue weighted by atomic mass is 16.5. The zero-order valence-corrected chi connectivity index (χ0v) is 9.54. The zero-order chi connectivity index (χ0) is 12.8. The van der Waals surface area contributed by atoms with Gasteiger partial charge in [0, 0.05) is 11.8 Å². The summed E-state index contributed by atoms with van der Waals surface area (Å²) in [7, 11) is 0. The van der Waals surface area contributed by atoms with Crippen LogP contribution in [0.1, 0.15) is 11.4 Å². The number of nitrogen functional groups attached to an aromatic ring is 1. The molecule has 0 saturated carbocycles. The molecule has 0 radical (unpaired) electrons. The molecule has 0 atom stereocenters. The van der Waals surface area contributed by atoms with Crippen molar-refractivity contribution in [3.63, 3.8) is 0 Å². The maximum Gasteiger partial charge on any atom is 0.244 e. The van der Waals surface area contributed by atoms with Gasteiger partial charge in [-0.2, -0.15) is 4.98 Å². The zero-order valence-electron chi connectivity index (χ0n) is 9.54. The lowest BCUT2D eigenvalue weighted by atomic mass is 10.2. The molecule has 6 heteroatoms. The summed E-state index contributed by atoms with van der Waals surface area (Å²) in [4.78, 5) is 15.3. The summed E-state index contributed by atoms with van der Waals surface area (Å²) in [5.74, 6) is 0.209. The van der Waals surface area contributed by atoms with Crippen molar-refractivity contribution >= 4 is 17.7 Å². The number of nitrogens with one attached hydrogen (secondary N) is 1. The third-order valence-electron chi connectivity index (χ3n) is 2.19. The first-order chi connectivity index (χ1) is 8.74. The van der Waals surface area contributed by atoms with Crippen molar-refractivity contribution in [1.82, 2.24) is 15.5 Å². The van der Waals surface area contributed by atoms with Gasteiger partial charge in [-0.15, -0.1) is 0 Å². The lowest BCUT2D eigenvalue weighted by Crippen LogP contribution is -2.20. The molecule has 6 nitrogen and oxygen atoms in total. The average Bonchev–Trinajstić information content (AvgIpc) is 2.89. The standard InChI is InChI=1S/C12H12N4O2/c13-10-4-1-9(2-5-10)3-6-12(17)14-7-11-15-8-18-16-11/h1-6,8H,7,13H2,(H,14,17)/b6-3+. The molecule has 1 aromatic heterocycles. The molecule has 1 amide bonds. The highest BCUT2D eigenvalue weighted by Gasteiger charge is 2.00. The fourth-order valence-corrected chi connectivity index (χ4v) is 1.27. The first-order valence-electron chi connectivity index (χ1n) is 5.31. The van der Waals surface area contributed by atoms with Crippen LogP contribution in [0.15, 0.2) is 41.3 Å². The predicted molar refractivity (Wildman–Crippen MR) is 66.0 cm³/mol. The molecule has 2 aromatic rings. The lowest BCUT2D eigenvalue weighted by molar-refractivity contribution is -0.116. The highest BCUT2D eigenvalue weighted by Crippen LogP contribution is 2.06. The topological polar surface area (TPSA) is 94.0 Å². The van der Waals surface area contributed by atoms with Crippen LogP contribution in [0.3, 0.4) is 0 Å². The number of anilines is 1. The number of aromatic nitrogens is 2. The van der Waals surface area contributed by atoms with Crippen molar-refractivity contribution in [3.05, 3.63) is 48.1 Å². The molecule has 1 heterocycles. The molecule has 0 spiro atoms. The predicted octanol–water partition coefficient (Wildman–Crippen LogP) is 0.981. The molecule has 92 valence electrons. The van der Waals surface area contributed by atoms with Crippen LogP contribution in [0.5, 0.6) is 0 Å². The van der Waals surface area contributed by atoms with Gasteiger partial charge in [0.2, 0.25) is 12.3 Å². The third kappa shape index (κ3) is 3.44. The Balaban J connectivity index is 1.85. The summed E-state index contributed by atoms with van der Waals surface area (Å²) in [5, 5.41) is 6.21. The second-order valence-electron chi connectivity index (χ2n) is 3.57. The molecule has 0 saturated heterocycles. The van der Waals surface area contributed by atoms with Gasteiger partial charge in [-0.05, 0) is 23.8 Å². The van der Waals surface area contributed by atoms with Crippen molar-refractivity contribution < 1.29 is 9.32 Å². The van der Waals surface area contributed by atoms with E-state index in [-0.39, 0.29) is 12.5 Å². The normalized spacial score (nSPS) is 10.7. The molecule has 3 N–H and O–H groups in total. The van der Waals surface area contributed by atoms with E-state index in [0.29, 0.717) is 11.5 Å². The van der Waals surface area contributed by atoms with Gasteiger partial charge in [0.25, 0.3) is 0 Å². The van der Waals surface area contributed by atoms with Crippen molar-refractivity contribution in [2.75, 3.05) is 5.73 Å². The number of carbonyl (C=O) groups is 1. The van der Waals surface area contributed by atoms with Crippen LogP contribution < -0.4 is 11.1 Å². The SMILES string of the molecule is Nc1ccc(/C=C/C(=O)NCc2ncon2)cc1. The van der Waals surface area contributed by atoms with Crippen LogP contribution in [-0.4, -0.2) is 16.0 Å². The maximum absolute atomic E-state index is 11.5. The minimum Gasteiger partial charge on any atom is -0.399 e. The smallest absolute Gasteiger partial charge is 0.244 e. The quantitative estimate of drug-likeness (QED) is 0.617. The van der Waals surface area contributed by atoms with Gasteiger partial charge in [0.05, 0.1) is 6.54 Å². The molecule has 0 fully saturated rings. The Labute approximate surface area is 103 Å². The Hall–Kier alpha value is -2.63. The average molecular weight is 244 g/mol. The van der Waals surface area contributed by atoms with E-state index in [0.717, 1.165) is 5.56 Å². The molecule has 0 aliphatic rings. The molecular formula is C12H12N4O2. The summed E-state index contributed by atoms with van der Waals surface area (Å²) in [6, 6.07) is 7.21. The molecule has 0 aliphatic carbocycles. The largest absolute Gasteiger partial charge is 0.399 e. The molecule has 18 heavy (non-hydrogen) atoms. The lowest BCUT2D eigenvalue weighted by Gasteiger charge is -1.97. The van der Waals surface area contributed by atoms with Crippen molar-refractivity contribution in [3.8, 4) is 0 Å². The molecule has 0 bridgehead atoms. The Kier molecular flexibility index (Phi) is 3.70. The van der Waals surface area contributed by atoms with Crippen LogP contribution in [0.2, 0.25) is 0 Å². The van der Waals surface area contributed by atoms with E-state index in [1.165, 1.54) is 12.5 Å². The van der Waals surface area contributed by atoms with E-state index in [1.807, 2.05) is 12.1 Å². The van der Waals surface area contributed by atoms with E-state index in [1.54, 1.807) is 18.2 Å². The van der Waals surface area contributed by atoms with Gasteiger partial charge in [-0.3, -0.25) is 4.79 Å². The summed E-state index contributed by atoms with van der Waals surface area (Å²) >= 11 is 0. The number of benzene rings is 1. The van der Waals surface area contributed by atoms with Gasteiger partial charge < -0.3 is 15.6 Å². The Morgan fingerprint density at radius 2 is 2.17 bits per heavy atom. The van der Waals surface area contributed by atoms with Crippen molar-refractivity contribution in [1.29, 1.82) is 0 Å². The van der Waals surface area contributed by atoms with Gasteiger partial charge in [0.15, 0.2) is 5.82 Å². The number of rotatable bonds is 4. The number of nitrogens with two attached hydrogens (primary N) is 1. The molecule has 2 rings (SSSR count). The van der Waals surface area contributed by atoms with Crippen molar-refractivity contribution in [2.24, 2.45) is 0 Å². The summed E-state index contributed by atoms with van der Waals surface area (Å²) in [6.45, 7) is 0.238. The van der Waals surface area contributed by atoms with Gasteiger partial charge >= 0.3 is 0 Å². The first kappa shape index (κ1) is 11.8. The fourth-order valence-electron chi connectivity index (χ4n) is 1.27. The Morgan fingerprint density at radius 3 is 2.83 bits per heavy atom. The second kappa shape index (κ2) is 5.62. The Morgan fingerprint density at radius 1 is 1.39 bits per heavy atom.